The maximum atomic E-state index is 12.3. The van der Waals surface area contributed by atoms with Crippen molar-refractivity contribution in [2.45, 2.75) is 20.4 Å². The molecule has 1 N–H and O–H groups in total. The molecule has 0 aliphatic rings. The highest BCUT2D eigenvalue weighted by atomic mass is 16.6. The number of benzene rings is 2. The van der Waals surface area contributed by atoms with Crippen molar-refractivity contribution in [3.8, 4) is 23.3 Å². The first kappa shape index (κ1) is 24.1. The van der Waals surface area contributed by atoms with Crippen LogP contribution in [0.1, 0.15) is 23.8 Å². The molecule has 0 aliphatic carbocycles. The Morgan fingerprint density at radius 2 is 1.88 bits per heavy atom. The molecule has 1 aromatic heterocycles. The second kappa shape index (κ2) is 11.9. The number of hydrogen-bond acceptors (Lipinski definition) is 7. The van der Waals surface area contributed by atoms with E-state index in [4.69, 9.17) is 18.6 Å². The van der Waals surface area contributed by atoms with Crippen LogP contribution < -0.4 is 19.5 Å². The van der Waals surface area contributed by atoms with Gasteiger partial charge in [0.05, 0.1) is 19.4 Å². The molecule has 0 saturated carbocycles. The van der Waals surface area contributed by atoms with Gasteiger partial charge in [0, 0.05) is 0 Å². The molecule has 0 fully saturated rings. The number of furan rings is 1. The third-order valence-corrected chi connectivity index (χ3v) is 4.55. The predicted molar refractivity (Wildman–Crippen MR) is 124 cm³/mol. The second-order valence-electron chi connectivity index (χ2n) is 7.15. The number of nitrogens with one attached hydrogen (secondary N) is 1. The van der Waals surface area contributed by atoms with Gasteiger partial charge in [-0.25, -0.2) is 4.79 Å². The van der Waals surface area contributed by atoms with E-state index in [0.29, 0.717) is 29.4 Å². The summed E-state index contributed by atoms with van der Waals surface area (Å²) >= 11 is 0. The Balaban J connectivity index is 1.66. The fourth-order valence-electron chi connectivity index (χ4n) is 2.89. The summed E-state index contributed by atoms with van der Waals surface area (Å²) in [7, 11) is 0. The molecule has 2 aromatic carbocycles. The summed E-state index contributed by atoms with van der Waals surface area (Å²) in [4.78, 5) is 24.6. The van der Waals surface area contributed by atoms with Crippen LogP contribution in [0.2, 0.25) is 0 Å². The Bertz CT molecular complexity index is 1190. The first-order chi connectivity index (χ1) is 16.5. The van der Waals surface area contributed by atoms with Gasteiger partial charge in [-0.3, -0.25) is 4.79 Å². The molecule has 0 atom stereocenters. The summed E-state index contributed by atoms with van der Waals surface area (Å²) < 4.78 is 21.6. The van der Waals surface area contributed by atoms with Gasteiger partial charge in [-0.15, -0.1) is 0 Å². The molecular weight excluding hydrogens is 436 g/mol. The molecule has 0 radical (unpaired) electrons. The number of hydrogen-bond donors (Lipinski definition) is 1. The molecule has 8 heteroatoms. The van der Waals surface area contributed by atoms with Crippen molar-refractivity contribution >= 4 is 18.0 Å². The van der Waals surface area contributed by atoms with Gasteiger partial charge in [0.25, 0.3) is 5.91 Å². The summed E-state index contributed by atoms with van der Waals surface area (Å²) in [6, 6.07) is 17.4. The van der Waals surface area contributed by atoms with Crippen molar-refractivity contribution in [3.63, 3.8) is 0 Å². The van der Waals surface area contributed by atoms with E-state index in [2.05, 4.69) is 5.32 Å². The molecule has 0 bridgehead atoms. The number of nitriles is 1. The molecule has 8 nitrogen and oxygen atoms in total. The molecule has 0 saturated heterocycles. The number of amides is 1. The number of esters is 1. The third kappa shape index (κ3) is 7.00. The van der Waals surface area contributed by atoms with Crippen molar-refractivity contribution in [1.29, 1.82) is 5.26 Å². The Hall–Kier alpha value is -4.51. The van der Waals surface area contributed by atoms with E-state index in [-0.39, 0.29) is 24.5 Å². The van der Waals surface area contributed by atoms with Crippen LogP contribution in [0.3, 0.4) is 0 Å². The average molecular weight is 460 g/mol. The average Bonchev–Trinajstić information content (AvgIpc) is 3.36. The van der Waals surface area contributed by atoms with Crippen molar-refractivity contribution in [3.05, 3.63) is 83.3 Å². The minimum atomic E-state index is -0.597. The van der Waals surface area contributed by atoms with Gasteiger partial charge in [-0.05, 0) is 61.9 Å². The summed E-state index contributed by atoms with van der Waals surface area (Å²) in [6.07, 6.45) is 2.92. The molecule has 34 heavy (non-hydrogen) atoms. The lowest BCUT2D eigenvalue weighted by Crippen LogP contribution is -2.23. The van der Waals surface area contributed by atoms with Gasteiger partial charge < -0.3 is 23.9 Å². The maximum Gasteiger partial charge on any atom is 0.349 e. The van der Waals surface area contributed by atoms with Crippen LogP contribution in [0.25, 0.3) is 6.08 Å². The summed E-state index contributed by atoms with van der Waals surface area (Å²) in [5, 5.41) is 12.0. The van der Waals surface area contributed by atoms with Crippen LogP contribution in [0.4, 0.5) is 0 Å². The van der Waals surface area contributed by atoms with E-state index in [1.165, 1.54) is 18.4 Å². The minimum absolute atomic E-state index is 0.0924. The molecule has 1 amide bonds. The minimum Gasteiger partial charge on any atom is -0.490 e. The van der Waals surface area contributed by atoms with Gasteiger partial charge in [0.2, 0.25) is 0 Å². The zero-order valence-corrected chi connectivity index (χ0v) is 18.9. The number of aryl methyl sites for hydroxylation is 1. The van der Waals surface area contributed by atoms with E-state index < -0.39 is 11.9 Å². The lowest BCUT2D eigenvalue weighted by molar-refractivity contribution is -0.136. The van der Waals surface area contributed by atoms with Gasteiger partial charge >= 0.3 is 5.97 Å². The van der Waals surface area contributed by atoms with Crippen LogP contribution in [0.15, 0.2) is 70.9 Å². The smallest absolute Gasteiger partial charge is 0.349 e. The molecule has 0 unspecified atom stereocenters. The predicted octanol–water partition coefficient (Wildman–Crippen LogP) is 4.19. The highest BCUT2D eigenvalue weighted by Crippen LogP contribution is 2.29. The highest BCUT2D eigenvalue weighted by molar-refractivity contribution is 6.01. The Kier molecular flexibility index (Phi) is 8.47. The quantitative estimate of drug-likeness (QED) is 0.209. The van der Waals surface area contributed by atoms with Crippen LogP contribution in [0.5, 0.6) is 17.2 Å². The lowest BCUT2D eigenvalue weighted by atomic mass is 10.1. The van der Waals surface area contributed by atoms with Crippen LogP contribution in [-0.2, 0) is 16.1 Å². The lowest BCUT2D eigenvalue weighted by Gasteiger charge is -2.12. The van der Waals surface area contributed by atoms with E-state index >= 15 is 0 Å². The molecular formula is C26H24N2O6. The van der Waals surface area contributed by atoms with Gasteiger partial charge in [0.1, 0.15) is 23.2 Å². The first-order valence-electron chi connectivity index (χ1n) is 10.6. The number of nitrogens with zero attached hydrogens (tertiary/aromatic N) is 1. The Morgan fingerprint density at radius 1 is 1.09 bits per heavy atom. The monoisotopic (exact) mass is 460 g/mol. The summed E-state index contributed by atoms with van der Waals surface area (Å²) in [5.41, 5.74) is 1.52. The maximum absolute atomic E-state index is 12.3. The largest absolute Gasteiger partial charge is 0.490 e. The van der Waals surface area contributed by atoms with Crippen molar-refractivity contribution < 1.29 is 28.2 Å². The fourth-order valence-corrected chi connectivity index (χ4v) is 2.89. The van der Waals surface area contributed by atoms with E-state index in [1.54, 1.807) is 43.3 Å². The molecule has 0 spiro atoms. The first-order valence-corrected chi connectivity index (χ1v) is 10.6. The molecule has 3 aromatic rings. The number of carbonyl (C=O) groups excluding carboxylic acids is 2. The topological polar surface area (TPSA) is 111 Å². The highest BCUT2D eigenvalue weighted by Gasteiger charge is 2.14. The van der Waals surface area contributed by atoms with Crippen molar-refractivity contribution in [2.24, 2.45) is 0 Å². The molecule has 1 heterocycles. The summed E-state index contributed by atoms with van der Waals surface area (Å²) in [6.45, 7) is 3.96. The van der Waals surface area contributed by atoms with E-state index in [0.717, 1.165) is 5.56 Å². The Morgan fingerprint density at radius 3 is 2.56 bits per heavy atom. The van der Waals surface area contributed by atoms with E-state index in [1.807, 2.05) is 25.1 Å². The SMILES string of the molecule is CCOc1cc(/C=C(\C#N)C(=O)NCc2ccco2)ccc1OC(=O)COc1ccc(C)cc1. The van der Waals surface area contributed by atoms with Gasteiger partial charge in [-0.1, -0.05) is 23.8 Å². The number of carbonyl (C=O) groups is 2. The third-order valence-electron chi connectivity index (χ3n) is 4.55. The molecule has 3 rings (SSSR count). The number of ether oxygens (including phenoxy) is 3. The van der Waals surface area contributed by atoms with Crippen LogP contribution >= 0.6 is 0 Å². The number of rotatable bonds is 10. The molecule has 0 aliphatic heterocycles. The van der Waals surface area contributed by atoms with Crippen LogP contribution in [0, 0.1) is 18.3 Å². The van der Waals surface area contributed by atoms with Crippen LogP contribution in [-0.4, -0.2) is 25.1 Å². The zero-order valence-electron chi connectivity index (χ0n) is 18.9. The fraction of sp³-hybridized carbons (Fsp3) is 0.192. The van der Waals surface area contributed by atoms with Gasteiger partial charge in [0.15, 0.2) is 18.1 Å². The van der Waals surface area contributed by atoms with Crippen molar-refractivity contribution in [1.82, 2.24) is 5.32 Å². The molecule has 174 valence electrons. The second-order valence-corrected chi connectivity index (χ2v) is 7.15. The summed E-state index contributed by atoms with van der Waals surface area (Å²) in [5.74, 6) is 0.496. The zero-order chi connectivity index (χ0) is 24.3. The standard InChI is InChI=1S/C26H24N2O6/c1-3-31-24-14-19(13-20(15-27)26(30)28-16-22-5-4-12-32-22)8-11-23(24)34-25(29)17-33-21-9-6-18(2)7-10-21/h4-14H,3,16-17H2,1-2H3,(H,28,30)/b20-13+. The van der Waals surface area contributed by atoms with Gasteiger partial charge in [-0.2, -0.15) is 5.26 Å². The van der Waals surface area contributed by atoms with Crippen molar-refractivity contribution in [2.75, 3.05) is 13.2 Å². The Labute approximate surface area is 197 Å². The van der Waals surface area contributed by atoms with E-state index in [9.17, 15) is 14.9 Å². The normalized spacial score (nSPS) is 10.8.